The molecule has 2 N–H and O–H groups in total. The fraction of sp³-hybridized carbons (Fsp3) is 0.750. The molecule has 0 aromatic carbocycles. The van der Waals surface area contributed by atoms with Crippen molar-refractivity contribution >= 4 is 16.5 Å². The van der Waals surface area contributed by atoms with Gasteiger partial charge in [0.25, 0.3) is 5.19 Å². The second-order valence-corrected chi connectivity index (χ2v) is 4.15. The van der Waals surface area contributed by atoms with Crippen LogP contribution in [0.25, 0.3) is 0 Å². The van der Waals surface area contributed by atoms with E-state index in [1.807, 2.05) is 0 Å². The lowest BCUT2D eigenvalue weighted by molar-refractivity contribution is -0.0104. The molecular weight excluding hydrogens is 202 g/mol. The first-order chi connectivity index (χ1) is 6.84. The van der Waals surface area contributed by atoms with Crippen LogP contribution in [0.1, 0.15) is 19.3 Å². The molecule has 0 atom stereocenters. The van der Waals surface area contributed by atoms with Crippen LogP contribution in [0.5, 0.6) is 5.19 Å². The van der Waals surface area contributed by atoms with Gasteiger partial charge in [-0.2, -0.15) is 0 Å². The summed E-state index contributed by atoms with van der Waals surface area (Å²) in [4.78, 5) is 0. The van der Waals surface area contributed by atoms with Gasteiger partial charge in [-0.25, -0.2) is 0 Å². The van der Waals surface area contributed by atoms with E-state index in [0.29, 0.717) is 29.6 Å². The zero-order valence-corrected chi connectivity index (χ0v) is 8.63. The highest BCUT2D eigenvalue weighted by atomic mass is 32.1. The smallest absolute Gasteiger partial charge is 0.295 e. The second kappa shape index (κ2) is 4.56. The first kappa shape index (κ1) is 9.67. The predicted octanol–water partition coefficient (Wildman–Crippen LogP) is 1.07. The van der Waals surface area contributed by atoms with Crippen LogP contribution < -0.4 is 10.5 Å². The first-order valence-electron chi connectivity index (χ1n) is 4.68. The highest BCUT2D eigenvalue weighted by Gasteiger charge is 2.17. The molecule has 1 fully saturated rings. The number of nitrogens with zero attached hydrogens (tertiary/aromatic N) is 2. The molecule has 0 saturated heterocycles. The zero-order chi connectivity index (χ0) is 9.80. The summed E-state index contributed by atoms with van der Waals surface area (Å²) in [5.74, 6) is 0. The quantitative estimate of drug-likeness (QED) is 0.744. The zero-order valence-electron chi connectivity index (χ0n) is 7.81. The predicted molar refractivity (Wildman–Crippen MR) is 53.4 cm³/mol. The van der Waals surface area contributed by atoms with E-state index in [0.717, 1.165) is 0 Å². The minimum Gasteiger partial charge on any atom is -0.466 e. The SMILES string of the molecule is Nc1nnc(OCCOC2CCC2)s1. The largest absolute Gasteiger partial charge is 0.466 e. The minimum atomic E-state index is 0.430. The number of anilines is 1. The third-order valence-corrected chi connectivity index (χ3v) is 2.80. The first-order valence-corrected chi connectivity index (χ1v) is 5.49. The molecule has 6 heteroatoms. The van der Waals surface area contributed by atoms with Crippen LogP contribution in [0.4, 0.5) is 5.13 Å². The molecule has 78 valence electrons. The van der Waals surface area contributed by atoms with E-state index in [9.17, 15) is 0 Å². The van der Waals surface area contributed by atoms with E-state index in [2.05, 4.69) is 10.2 Å². The van der Waals surface area contributed by atoms with Gasteiger partial charge in [-0.3, -0.25) is 0 Å². The Bertz CT molecular complexity index is 288. The number of ether oxygens (including phenoxy) is 2. The van der Waals surface area contributed by atoms with Crippen molar-refractivity contribution in [3.8, 4) is 5.19 Å². The maximum atomic E-state index is 5.51. The van der Waals surface area contributed by atoms with Crippen LogP contribution in [0.2, 0.25) is 0 Å². The summed E-state index contributed by atoms with van der Waals surface area (Å²) in [5, 5.41) is 8.31. The van der Waals surface area contributed by atoms with Crippen LogP contribution in [-0.4, -0.2) is 29.5 Å². The highest BCUT2D eigenvalue weighted by molar-refractivity contribution is 7.16. The molecule has 5 nitrogen and oxygen atoms in total. The Morgan fingerprint density at radius 2 is 2.21 bits per heavy atom. The minimum absolute atomic E-state index is 0.430. The molecule has 1 heterocycles. The van der Waals surface area contributed by atoms with Gasteiger partial charge in [0.1, 0.15) is 6.61 Å². The van der Waals surface area contributed by atoms with E-state index < -0.39 is 0 Å². The van der Waals surface area contributed by atoms with E-state index in [1.165, 1.54) is 30.6 Å². The van der Waals surface area contributed by atoms with Gasteiger partial charge in [-0.05, 0) is 30.6 Å². The summed E-state index contributed by atoms with van der Waals surface area (Å²) < 4.78 is 10.8. The average Bonchev–Trinajstić information content (AvgIpc) is 2.48. The van der Waals surface area contributed by atoms with Crippen molar-refractivity contribution in [3.05, 3.63) is 0 Å². The van der Waals surface area contributed by atoms with Crippen molar-refractivity contribution in [3.63, 3.8) is 0 Å². The summed E-state index contributed by atoms with van der Waals surface area (Å²) in [7, 11) is 0. The Morgan fingerprint density at radius 3 is 2.79 bits per heavy atom. The van der Waals surface area contributed by atoms with E-state index in [4.69, 9.17) is 15.2 Å². The summed E-state index contributed by atoms with van der Waals surface area (Å²) in [6.45, 7) is 1.13. The molecule has 1 saturated carbocycles. The monoisotopic (exact) mass is 215 g/mol. The third-order valence-electron chi connectivity index (χ3n) is 2.14. The Labute approximate surface area is 86.2 Å². The molecule has 1 aromatic rings. The second-order valence-electron chi connectivity index (χ2n) is 3.18. The standard InChI is InChI=1S/C8H13N3O2S/c9-7-10-11-8(14-7)13-5-4-12-6-2-1-3-6/h6H,1-5H2,(H2,9,10). The number of nitrogen functional groups attached to an aromatic ring is 1. The summed E-state index contributed by atoms with van der Waals surface area (Å²) in [6.07, 6.45) is 4.12. The molecule has 2 rings (SSSR count). The Morgan fingerprint density at radius 1 is 1.36 bits per heavy atom. The van der Waals surface area contributed by atoms with Gasteiger partial charge < -0.3 is 15.2 Å². The summed E-state index contributed by atoms with van der Waals surface area (Å²) in [6, 6.07) is 0. The maximum absolute atomic E-state index is 5.51. The maximum Gasteiger partial charge on any atom is 0.295 e. The van der Waals surface area contributed by atoms with Crippen LogP contribution in [0.3, 0.4) is 0 Å². The van der Waals surface area contributed by atoms with E-state index >= 15 is 0 Å². The van der Waals surface area contributed by atoms with Crippen molar-refractivity contribution in [1.82, 2.24) is 10.2 Å². The van der Waals surface area contributed by atoms with Gasteiger partial charge in [0.2, 0.25) is 5.13 Å². The highest BCUT2D eigenvalue weighted by Crippen LogP contribution is 2.22. The molecule has 1 aromatic heterocycles. The topological polar surface area (TPSA) is 70.3 Å². The molecule has 0 radical (unpaired) electrons. The van der Waals surface area contributed by atoms with Crippen LogP contribution >= 0.6 is 11.3 Å². The molecule has 1 aliphatic rings. The van der Waals surface area contributed by atoms with Crippen molar-refractivity contribution in [2.75, 3.05) is 18.9 Å². The number of hydrogen-bond donors (Lipinski definition) is 1. The number of aromatic nitrogens is 2. The Kier molecular flexibility index (Phi) is 3.15. The van der Waals surface area contributed by atoms with Gasteiger partial charge in [0.15, 0.2) is 0 Å². The van der Waals surface area contributed by atoms with E-state index in [1.54, 1.807) is 0 Å². The van der Waals surface area contributed by atoms with Crippen molar-refractivity contribution in [2.45, 2.75) is 25.4 Å². The molecule has 0 bridgehead atoms. The van der Waals surface area contributed by atoms with Crippen molar-refractivity contribution in [2.24, 2.45) is 0 Å². The lowest BCUT2D eigenvalue weighted by atomic mass is 9.96. The van der Waals surface area contributed by atoms with Crippen molar-refractivity contribution < 1.29 is 9.47 Å². The van der Waals surface area contributed by atoms with Gasteiger partial charge in [0.05, 0.1) is 12.7 Å². The molecule has 0 aliphatic heterocycles. The molecule has 0 unspecified atom stereocenters. The fourth-order valence-corrected chi connectivity index (χ4v) is 1.64. The van der Waals surface area contributed by atoms with Gasteiger partial charge in [0, 0.05) is 0 Å². The number of hydrogen-bond acceptors (Lipinski definition) is 6. The molecule has 0 amide bonds. The van der Waals surface area contributed by atoms with Crippen LogP contribution in [0.15, 0.2) is 0 Å². The van der Waals surface area contributed by atoms with Gasteiger partial charge in [-0.15, -0.1) is 5.10 Å². The summed E-state index contributed by atoms with van der Waals surface area (Å²) >= 11 is 1.24. The Hall–Kier alpha value is -0.880. The lowest BCUT2D eigenvalue weighted by Gasteiger charge is -2.25. The molecule has 1 aliphatic carbocycles. The van der Waals surface area contributed by atoms with Crippen LogP contribution in [0, 0.1) is 0 Å². The van der Waals surface area contributed by atoms with Crippen molar-refractivity contribution in [1.29, 1.82) is 0 Å². The third kappa shape index (κ3) is 2.55. The Balaban J connectivity index is 1.58. The summed E-state index contributed by atoms with van der Waals surface area (Å²) in [5.41, 5.74) is 5.40. The van der Waals surface area contributed by atoms with Crippen LogP contribution in [-0.2, 0) is 4.74 Å². The molecule has 14 heavy (non-hydrogen) atoms. The number of rotatable bonds is 5. The van der Waals surface area contributed by atoms with Gasteiger partial charge >= 0.3 is 0 Å². The number of nitrogens with two attached hydrogens (primary N) is 1. The normalized spacial score (nSPS) is 16.6. The molecule has 0 spiro atoms. The lowest BCUT2D eigenvalue weighted by Crippen LogP contribution is -2.23. The fourth-order valence-electron chi connectivity index (χ4n) is 1.16. The van der Waals surface area contributed by atoms with Gasteiger partial charge in [-0.1, -0.05) is 5.10 Å². The molecular formula is C8H13N3O2S. The van der Waals surface area contributed by atoms with E-state index in [-0.39, 0.29) is 0 Å². The average molecular weight is 215 g/mol.